The number of anilines is 1. The van der Waals surface area contributed by atoms with Gasteiger partial charge in [-0.3, -0.25) is 0 Å². The molecule has 0 fully saturated rings. The lowest BCUT2D eigenvalue weighted by Gasteiger charge is -2.09. The van der Waals surface area contributed by atoms with E-state index < -0.39 is 0 Å². The predicted molar refractivity (Wildman–Crippen MR) is 38.4 cm³/mol. The molecule has 9 heavy (non-hydrogen) atoms. The van der Waals surface area contributed by atoms with Crippen LogP contribution >= 0.6 is 11.6 Å². The van der Waals surface area contributed by atoms with Gasteiger partial charge in [0.25, 0.3) is 0 Å². The van der Waals surface area contributed by atoms with Crippen LogP contribution in [0.15, 0.2) is 24.3 Å². The van der Waals surface area contributed by atoms with Gasteiger partial charge in [0.05, 0.1) is 5.02 Å². The summed E-state index contributed by atoms with van der Waals surface area (Å²) < 4.78 is 0. The van der Waals surface area contributed by atoms with Gasteiger partial charge in [0.1, 0.15) is 0 Å². The molecule has 0 heterocycles. The fraction of sp³-hybridized carbons (Fsp3) is 0. The number of halogens is 1. The maximum Gasteiger partial charge on any atom is 0.0629 e. The first-order valence-electron chi connectivity index (χ1n) is 2.47. The molecule has 0 bridgehead atoms. The minimum absolute atomic E-state index is 0.416. The van der Waals surface area contributed by atoms with Crippen molar-refractivity contribution in [1.29, 1.82) is 0 Å². The van der Waals surface area contributed by atoms with Gasteiger partial charge < -0.3 is 10.7 Å². The highest BCUT2D eigenvalue weighted by Gasteiger charge is 1.89. The van der Waals surface area contributed by atoms with Gasteiger partial charge in [0, 0.05) is 5.69 Å². The molecule has 48 valence electrons. The Morgan fingerprint density at radius 3 is 2.44 bits per heavy atom. The maximum atomic E-state index is 10.0. The Kier molecular flexibility index (Phi) is 1.92. The van der Waals surface area contributed by atoms with E-state index >= 15 is 0 Å². The number of para-hydroxylation sites is 1. The van der Waals surface area contributed by atoms with Gasteiger partial charge >= 0.3 is 0 Å². The van der Waals surface area contributed by atoms with E-state index in [0.29, 0.717) is 10.7 Å². The number of hydrogen-bond donors (Lipinski definition) is 1. The molecule has 0 amide bonds. The Morgan fingerprint density at radius 2 is 2.00 bits per heavy atom. The quantitative estimate of drug-likeness (QED) is 0.611. The van der Waals surface area contributed by atoms with Gasteiger partial charge in [0.15, 0.2) is 0 Å². The summed E-state index contributed by atoms with van der Waals surface area (Å²) in [6.45, 7) is 0. The highest BCUT2D eigenvalue weighted by molar-refractivity contribution is 6.33. The third-order valence-electron chi connectivity index (χ3n) is 0.984. The van der Waals surface area contributed by atoms with Crippen molar-refractivity contribution in [3.63, 3.8) is 0 Å². The van der Waals surface area contributed by atoms with Crippen molar-refractivity contribution in [2.45, 2.75) is 0 Å². The van der Waals surface area contributed by atoms with Crippen molar-refractivity contribution in [3.05, 3.63) is 34.5 Å². The van der Waals surface area contributed by atoms with E-state index in [1.807, 2.05) is 0 Å². The molecule has 1 rings (SSSR count). The average molecular weight is 143 g/mol. The minimum Gasteiger partial charge on any atom is -0.761 e. The Morgan fingerprint density at radius 1 is 1.33 bits per heavy atom. The zero-order chi connectivity index (χ0) is 6.69. The molecule has 0 spiro atoms. The summed E-state index contributed by atoms with van der Waals surface area (Å²) in [5.41, 5.74) is 2.13. The average Bonchev–Trinajstić information content (AvgIpc) is 1.89. The predicted octanol–water partition coefficient (Wildman–Crippen LogP) is 2.25. The van der Waals surface area contributed by atoms with Crippen LogP contribution in [0.1, 0.15) is 0 Å². The molecule has 3 heteroatoms. The lowest BCUT2D eigenvalue weighted by atomic mass is 10.3. The first-order chi connectivity index (χ1) is 4.34. The summed E-state index contributed by atoms with van der Waals surface area (Å²) in [5, 5.41) is 10.5. The lowest BCUT2D eigenvalue weighted by Crippen LogP contribution is -1.83. The number of rotatable bonds is 1. The second kappa shape index (κ2) is 2.71. The molecule has 1 aromatic carbocycles. The maximum absolute atomic E-state index is 10.0. The molecule has 0 aliphatic carbocycles. The molecule has 0 unspecified atom stereocenters. The van der Waals surface area contributed by atoms with Crippen molar-refractivity contribution in [2.24, 2.45) is 0 Å². The third-order valence-corrected chi connectivity index (χ3v) is 1.31. The van der Waals surface area contributed by atoms with Crippen LogP contribution in [0.4, 0.5) is 5.69 Å². The van der Waals surface area contributed by atoms with Crippen molar-refractivity contribution in [1.82, 2.24) is 0 Å². The fourth-order valence-electron chi connectivity index (χ4n) is 0.544. The largest absolute Gasteiger partial charge is 0.761 e. The van der Waals surface area contributed by atoms with Crippen LogP contribution in [0.25, 0.3) is 0 Å². The monoisotopic (exact) mass is 142 g/mol. The zero-order valence-corrected chi connectivity index (χ0v) is 5.35. The second-order valence-electron chi connectivity index (χ2n) is 1.58. The summed E-state index contributed by atoms with van der Waals surface area (Å²) in [6, 6.07) is 6.78. The van der Waals surface area contributed by atoms with Crippen molar-refractivity contribution >= 4 is 17.3 Å². The fourth-order valence-corrected chi connectivity index (χ4v) is 0.718. The molecule has 2 nitrogen and oxygen atoms in total. The van der Waals surface area contributed by atoms with E-state index in [2.05, 4.69) is 0 Å². The van der Waals surface area contributed by atoms with Crippen LogP contribution in [0.2, 0.25) is 5.02 Å². The summed E-state index contributed by atoms with van der Waals surface area (Å²) in [7, 11) is 0. The molecule has 1 aromatic rings. The molecule has 0 aliphatic rings. The van der Waals surface area contributed by atoms with Crippen LogP contribution in [0.3, 0.4) is 0 Å². The molecular weight excluding hydrogens is 138 g/mol. The summed E-state index contributed by atoms with van der Waals surface area (Å²) in [4.78, 5) is 0. The third kappa shape index (κ3) is 1.34. The van der Waals surface area contributed by atoms with Gasteiger partial charge in [-0.15, -0.1) is 0 Å². The van der Waals surface area contributed by atoms with E-state index in [1.54, 1.807) is 29.7 Å². The highest BCUT2D eigenvalue weighted by atomic mass is 35.5. The standard InChI is InChI=1S/C6H5ClNO/c7-5-3-1-2-4-6(5)8-9/h1-4,8H/q-1. The van der Waals surface area contributed by atoms with Crippen LogP contribution < -0.4 is 5.48 Å². The molecule has 0 atom stereocenters. The number of hydrogen-bond acceptors (Lipinski definition) is 2. The molecule has 0 saturated heterocycles. The van der Waals surface area contributed by atoms with Gasteiger partial charge in [0.2, 0.25) is 0 Å². The van der Waals surface area contributed by atoms with Gasteiger partial charge in [-0.25, -0.2) is 0 Å². The molecule has 1 N–H and O–H groups in total. The summed E-state index contributed by atoms with van der Waals surface area (Å²) in [5.74, 6) is 0. The Labute approximate surface area is 58.0 Å². The van der Waals surface area contributed by atoms with Crippen LogP contribution in [-0.2, 0) is 0 Å². The van der Waals surface area contributed by atoms with Crippen molar-refractivity contribution in [3.8, 4) is 0 Å². The van der Waals surface area contributed by atoms with Gasteiger partial charge in [-0.2, -0.15) is 0 Å². The second-order valence-corrected chi connectivity index (χ2v) is 1.99. The van der Waals surface area contributed by atoms with Crippen LogP contribution in [-0.4, -0.2) is 0 Å². The van der Waals surface area contributed by atoms with E-state index in [9.17, 15) is 5.21 Å². The van der Waals surface area contributed by atoms with E-state index in [0.717, 1.165) is 0 Å². The van der Waals surface area contributed by atoms with Crippen molar-refractivity contribution in [2.75, 3.05) is 5.48 Å². The van der Waals surface area contributed by atoms with Gasteiger partial charge in [-0.05, 0) is 12.1 Å². The lowest BCUT2D eigenvalue weighted by molar-refractivity contribution is 1.60. The van der Waals surface area contributed by atoms with E-state index in [1.165, 1.54) is 0 Å². The number of benzene rings is 1. The van der Waals surface area contributed by atoms with Crippen molar-refractivity contribution < 1.29 is 0 Å². The van der Waals surface area contributed by atoms with E-state index in [4.69, 9.17) is 11.6 Å². The molecule has 0 saturated carbocycles. The van der Waals surface area contributed by atoms with Gasteiger partial charge in [-0.1, -0.05) is 23.7 Å². The Bertz CT molecular complexity index is 202. The molecule has 0 aliphatic heterocycles. The summed E-state index contributed by atoms with van der Waals surface area (Å²) >= 11 is 5.56. The zero-order valence-electron chi connectivity index (χ0n) is 4.60. The molecule has 0 radical (unpaired) electrons. The molecular formula is C6H5ClNO-. The highest BCUT2D eigenvalue weighted by Crippen LogP contribution is 2.19. The van der Waals surface area contributed by atoms with Crippen LogP contribution in [0.5, 0.6) is 0 Å². The van der Waals surface area contributed by atoms with Crippen LogP contribution in [0, 0.1) is 5.21 Å². The SMILES string of the molecule is [O-]Nc1ccccc1Cl. The first kappa shape index (κ1) is 6.39. The first-order valence-corrected chi connectivity index (χ1v) is 2.85. The normalized spacial score (nSPS) is 9.11. The minimum atomic E-state index is 0.416. The molecule has 0 aromatic heterocycles. The smallest absolute Gasteiger partial charge is 0.0629 e. The Balaban J connectivity index is 3.01. The summed E-state index contributed by atoms with van der Waals surface area (Å²) in [6.07, 6.45) is 0. The Hall–Kier alpha value is -0.730. The van der Waals surface area contributed by atoms with E-state index in [-0.39, 0.29) is 0 Å². The number of nitrogens with one attached hydrogen (secondary N) is 1. The topological polar surface area (TPSA) is 35.1 Å².